The molecule has 0 spiro atoms. The van der Waals surface area contributed by atoms with Gasteiger partial charge in [0.2, 0.25) is 0 Å². The number of benzene rings is 1. The van der Waals surface area contributed by atoms with E-state index in [1.54, 1.807) is 6.07 Å². The molecule has 0 saturated heterocycles. The summed E-state index contributed by atoms with van der Waals surface area (Å²) in [5, 5.41) is 0.690. The summed E-state index contributed by atoms with van der Waals surface area (Å²) in [7, 11) is 0. The van der Waals surface area contributed by atoms with Crippen LogP contribution < -0.4 is 10.5 Å². The van der Waals surface area contributed by atoms with Gasteiger partial charge < -0.3 is 10.5 Å². The third-order valence-electron chi connectivity index (χ3n) is 2.23. The van der Waals surface area contributed by atoms with Gasteiger partial charge in [-0.2, -0.15) is 0 Å². The van der Waals surface area contributed by atoms with Crippen LogP contribution in [0.15, 0.2) is 40.0 Å². The molecule has 0 atom stereocenters. The lowest BCUT2D eigenvalue weighted by atomic mass is 10.3. The van der Waals surface area contributed by atoms with Crippen molar-refractivity contribution in [2.45, 2.75) is 12.1 Å². The Hall–Kier alpha value is -1.27. The molecular formula is C13H14BrN3OS. The van der Waals surface area contributed by atoms with E-state index in [1.807, 2.05) is 31.2 Å². The summed E-state index contributed by atoms with van der Waals surface area (Å²) in [5.74, 6) is 2.12. The largest absolute Gasteiger partial charge is 0.493 e. The number of aromatic nitrogens is 2. The number of hydrogen-bond donors (Lipinski definition) is 1. The summed E-state index contributed by atoms with van der Waals surface area (Å²) in [6.45, 7) is 2.50. The van der Waals surface area contributed by atoms with E-state index < -0.39 is 0 Å². The number of rotatable bonds is 5. The average molecular weight is 340 g/mol. The highest BCUT2D eigenvalue weighted by Gasteiger charge is 2.01. The zero-order chi connectivity index (χ0) is 13.7. The number of nitrogen functional groups attached to an aromatic ring is 1. The topological polar surface area (TPSA) is 61.0 Å². The minimum Gasteiger partial charge on any atom is -0.493 e. The second-order valence-electron chi connectivity index (χ2n) is 3.87. The first-order chi connectivity index (χ1) is 9.13. The van der Waals surface area contributed by atoms with Gasteiger partial charge in [0.1, 0.15) is 11.6 Å². The maximum Gasteiger partial charge on any atom is 0.189 e. The smallest absolute Gasteiger partial charge is 0.189 e. The normalized spacial score (nSPS) is 10.4. The lowest BCUT2D eigenvalue weighted by molar-refractivity contribution is 0.343. The summed E-state index contributed by atoms with van der Waals surface area (Å²) in [6.07, 6.45) is 0. The predicted octanol–water partition coefficient (Wildman–Crippen LogP) is 3.30. The van der Waals surface area contributed by atoms with Gasteiger partial charge in [-0.1, -0.05) is 33.8 Å². The molecule has 2 rings (SSSR count). The van der Waals surface area contributed by atoms with Crippen molar-refractivity contribution in [3.8, 4) is 5.75 Å². The molecule has 19 heavy (non-hydrogen) atoms. The van der Waals surface area contributed by atoms with E-state index in [4.69, 9.17) is 10.5 Å². The number of nitrogens with zero attached hydrogens (tertiary/aromatic N) is 2. The first-order valence-corrected chi connectivity index (χ1v) is 7.53. The first kappa shape index (κ1) is 14.1. The summed E-state index contributed by atoms with van der Waals surface area (Å²) in [5.41, 5.74) is 6.55. The Morgan fingerprint density at radius 2 is 2.16 bits per heavy atom. The number of hydrogen-bond acceptors (Lipinski definition) is 5. The zero-order valence-electron chi connectivity index (χ0n) is 10.5. The van der Waals surface area contributed by atoms with Crippen LogP contribution in [-0.4, -0.2) is 22.3 Å². The molecule has 2 N–H and O–H groups in total. The number of ether oxygens (including phenoxy) is 1. The molecule has 1 heterocycles. The Bertz CT molecular complexity index is 545. The van der Waals surface area contributed by atoms with Gasteiger partial charge in [0.05, 0.1) is 6.61 Å². The van der Waals surface area contributed by atoms with Gasteiger partial charge in [0.25, 0.3) is 0 Å². The Morgan fingerprint density at radius 1 is 1.32 bits per heavy atom. The molecule has 0 saturated carbocycles. The second kappa shape index (κ2) is 6.77. The quantitative estimate of drug-likeness (QED) is 0.514. The van der Waals surface area contributed by atoms with Gasteiger partial charge in [0.15, 0.2) is 5.16 Å². The van der Waals surface area contributed by atoms with Crippen LogP contribution in [0.3, 0.4) is 0 Å². The standard InChI is InChI=1S/C13H14BrN3OS/c1-9-7-12(15)17-13(16-9)19-6-5-18-11-4-2-3-10(14)8-11/h2-4,7-8H,5-6H2,1H3,(H2,15,16,17). The lowest BCUT2D eigenvalue weighted by Crippen LogP contribution is -2.02. The molecule has 0 aliphatic carbocycles. The van der Waals surface area contributed by atoms with Crippen molar-refractivity contribution in [1.82, 2.24) is 9.97 Å². The molecule has 1 aromatic carbocycles. The summed E-state index contributed by atoms with van der Waals surface area (Å²) in [6, 6.07) is 9.52. The highest BCUT2D eigenvalue weighted by Crippen LogP contribution is 2.19. The fourth-order valence-electron chi connectivity index (χ4n) is 1.48. The minimum atomic E-state index is 0.503. The van der Waals surface area contributed by atoms with Crippen LogP contribution in [0.5, 0.6) is 5.75 Å². The molecule has 0 aliphatic rings. The van der Waals surface area contributed by atoms with Gasteiger partial charge in [0, 0.05) is 22.0 Å². The van der Waals surface area contributed by atoms with E-state index in [2.05, 4.69) is 25.9 Å². The Kier molecular flexibility index (Phi) is 5.04. The average Bonchev–Trinajstić information content (AvgIpc) is 2.34. The molecule has 0 fully saturated rings. The molecule has 0 unspecified atom stereocenters. The van der Waals surface area contributed by atoms with Gasteiger partial charge in [-0.25, -0.2) is 9.97 Å². The lowest BCUT2D eigenvalue weighted by Gasteiger charge is -2.06. The molecule has 0 aliphatic heterocycles. The van der Waals surface area contributed by atoms with E-state index in [1.165, 1.54) is 11.8 Å². The monoisotopic (exact) mass is 339 g/mol. The van der Waals surface area contributed by atoms with E-state index in [9.17, 15) is 0 Å². The maximum atomic E-state index is 5.67. The third-order valence-corrected chi connectivity index (χ3v) is 3.54. The molecular weight excluding hydrogens is 326 g/mol. The van der Waals surface area contributed by atoms with Crippen molar-refractivity contribution in [3.05, 3.63) is 40.5 Å². The molecule has 2 aromatic rings. The van der Waals surface area contributed by atoms with Gasteiger partial charge in [-0.05, 0) is 25.1 Å². The van der Waals surface area contributed by atoms with Crippen LogP contribution in [0.4, 0.5) is 5.82 Å². The van der Waals surface area contributed by atoms with E-state index in [-0.39, 0.29) is 0 Å². The zero-order valence-corrected chi connectivity index (χ0v) is 12.9. The van der Waals surface area contributed by atoms with Gasteiger partial charge >= 0.3 is 0 Å². The van der Waals surface area contributed by atoms with Gasteiger partial charge in [-0.3, -0.25) is 0 Å². The van der Waals surface area contributed by atoms with E-state index >= 15 is 0 Å². The number of nitrogens with two attached hydrogens (primary N) is 1. The van der Waals surface area contributed by atoms with Crippen molar-refractivity contribution >= 4 is 33.5 Å². The highest BCUT2D eigenvalue weighted by atomic mass is 79.9. The molecule has 4 nitrogen and oxygen atoms in total. The third kappa shape index (κ3) is 4.72. The highest BCUT2D eigenvalue weighted by molar-refractivity contribution is 9.10. The first-order valence-electron chi connectivity index (χ1n) is 5.76. The molecule has 100 valence electrons. The number of halogens is 1. The molecule has 0 radical (unpaired) electrons. The molecule has 0 bridgehead atoms. The van der Waals surface area contributed by atoms with Crippen molar-refractivity contribution in [2.75, 3.05) is 18.1 Å². The predicted molar refractivity (Wildman–Crippen MR) is 81.5 cm³/mol. The molecule has 6 heteroatoms. The number of anilines is 1. The van der Waals surface area contributed by atoms with Crippen molar-refractivity contribution in [1.29, 1.82) is 0 Å². The minimum absolute atomic E-state index is 0.503. The van der Waals surface area contributed by atoms with Crippen LogP contribution in [0.1, 0.15) is 5.69 Å². The van der Waals surface area contributed by atoms with E-state index in [0.29, 0.717) is 17.6 Å². The van der Waals surface area contributed by atoms with Gasteiger partial charge in [-0.15, -0.1) is 0 Å². The maximum absolute atomic E-state index is 5.67. The van der Waals surface area contributed by atoms with Crippen LogP contribution in [0.2, 0.25) is 0 Å². The summed E-state index contributed by atoms with van der Waals surface area (Å²) < 4.78 is 6.64. The fraction of sp³-hybridized carbons (Fsp3) is 0.231. The van der Waals surface area contributed by atoms with Crippen LogP contribution in [-0.2, 0) is 0 Å². The Balaban J connectivity index is 1.80. The second-order valence-corrected chi connectivity index (χ2v) is 5.85. The fourth-order valence-corrected chi connectivity index (χ4v) is 2.58. The number of thioether (sulfide) groups is 1. The van der Waals surface area contributed by atoms with Crippen LogP contribution >= 0.6 is 27.7 Å². The summed E-state index contributed by atoms with van der Waals surface area (Å²) in [4.78, 5) is 8.46. The van der Waals surface area contributed by atoms with Crippen molar-refractivity contribution in [3.63, 3.8) is 0 Å². The van der Waals surface area contributed by atoms with Crippen LogP contribution in [0, 0.1) is 6.92 Å². The Morgan fingerprint density at radius 3 is 2.89 bits per heavy atom. The van der Waals surface area contributed by atoms with E-state index in [0.717, 1.165) is 21.7 Å². The molecule has 1 aromatic heterocycles. The van der Waals surface area contributed by atoms with Crippen LogP contribution in [0.25, 0.3) is 0 Å². The Labute approximate surface area is 124 Å². The number of aryl methyl sites for hydroxylation is 1. The van der Waals surface area contributed by atoms with Crippen molar-refractivity contribution in [2.24, 2.45) is 0 Å². The summed E-state index contributed by atoms with van der Waals surface area (Å²) >= 11 is 4.94. The SMILES string of the molecule is Cc1cc(N)nc(SCCOc2cccc(Br)c2)n1. The molecule has 0 amide bonds. The van der Waals surface area contributed by atoms with Crippen molar-refractivity contribution < 1.29 is 4.74 Å².